The van der Waals surface area contributed by atoms with Crippen LogP contribution in [0.25, 0.3) is 0 Å². The molecular weight excluding hydrogens is 362 g/mol. The Morgan fingerprint density at radius 3 is 2.28 bits per heavy atom. The van der Waals surface area contributed by atoms with Crippen LogP contribution in [0.2, 0.25) is 0 Å². The predicted octanol–water partition coefficient (Wildman–Crippen LogP) is 3.26. The Bertz CT molecular complexity index is 897. The fourth-order valence-electron chi connectivity index (χ4n) is 5.52. The van der Waals surface area contributed by atoms with Crippen molar-refractivity contribution >= 4 is 11.8 Å². The molecule has 1 atom stereocenters. The predicted molar refractivity (Wildman–Crippen MR) is 113 cm³/mol. The SMILES string of the molecule is Cc1cccc(C)c1C(=O)NC(c1ccccc1)C12CCC(CC1)N2CC(N)=O. The Labute approximate surface area is 172 Å². The van der Waals surface area contributed by atoms with E-state index >= 15 is 0 Å². The molecule has 5 nitrogen and oxygen atoms in total. The van der Waals surface area contributed by atoms with Gasteiger partial charge in [0.05, 0.1) is 12.6 Å². The van der Waals surface area contributed by atoms with Crippen molar-refractivity contribution in [2.45, 2.75) is 57.2 Å². The number of benzene rings is 2. The first kappa shape index (κ1) is 19.6. The monoisotopic (exact) mass is 391 g/mol. The average molecular weight is 392 g/mol. The van der Waals surface area contributed by atoms with Crippen LogP contribution in [-0.2, 0) is 4.79 Å². The molecule has 0 radical (unpaired) electrons. The second kappa shape index (κ2) is 7.64. The van der Waals surface area contributed by atoms with Gasteiger partial charge >= 0.3 is 0 Å². The lowest BCUT2D eigenvalue weighted by atomic mass is 9.78. The number of aryl methyl sites for hydroxylation is 2. The molecule has 4 rings (SSSR count). The first-order valence-electron chi connectivity index (χ1n) is 10.4. The maximum absolute atomic E-state index is 13.4. The fraction of sp³-hybridized carbons (Fsp3) is 0.417. The molecule has 1 unspecified atom stereocenters. The van der Waals surface area contributed by atoms with Crippen LogP contribution in [0.4, 0.5) is 0 Å². The van der Waals surface area contributed by atoms with E-state index in [1.165, 1.54) is 0 Å². The van der Waals surface area contributed by atoms with E-state index in [0.29, 0.717) is 6.04 Å². The summed E-state index contributed by atoms with van der Waals surface area (Å²) in [5.74, 6) is -0.366. The molecule has 2 aliphatic rings. The molecule has 2 saturated heterocycles. The van der Waals surface area contributed by atoms with Crippen molar-refractivity contribution in [3.8, 4) is 0 Å². The summed E-state index contributed by atoms with van der Waals surface area (Å²) in [6.45, 7) is 4.18. The summed E-state index contributed by atoms with van der Waals surface area (Å²) in [4.78, 5) is 27.5. The van der Waals surface area contributed by atoms with Crippen LogP contribution in [0.5, 0.6) is 0 Å². The molecule has 152 valence electrons. The second-order valence-electron chi connectivity index (χ2n) is 8.51. The molecule has 2 heterocycles. The molecule has 5 heteroatoms. The van der Waals surface area contributed by atoms with E-state index in [9.17, 15) is 9.59 Å². The molecule has 2 fully saturated rings. The fourth-order valence-corrected chi connectivity index (χ4v) is 5.52. The summed E-state index contributed by atoms with van der Waals surface area (Å²) in [7, 11) is 0. The molecule has 2 aliphatic heterocycles. The molecule has 0 aliphatic carbocycles. The smallest absolute Gasteiger partial charge is 0.252 e. The van der Waals surface area contributed by atoms with Gasteiger partial charge < -0.3 is 11.1 Å². The minimum atomic E-state index is -0.309. The number of primary amides is 1. The Hall–Kier alpha value is -2.66. The van der Waals surface area contributed by atoms with Crippen molar-refractivity contribution in [2.24, 2.45) is 5.73 Å². The normalized spacial score (nSPS) is 24.4. The minimum Gasteiger partial charge on any atom is -0.369 e. The zero-order valence-electron chi connectivity index (χ0n) is 17.2. The Balaban J connectivity index is 1.74. The molecule has 0 spiro atoms. The van der Waals surface area contributed by atoms with Gasteiger partial charge in [0.15, 0.2) is 0 Å². The number of amides is 2. The van der Waals surface area contributed by atoms with Gasteiger partial charge in [-0.25, -0.2) is 0 Å². The molecule has 0 saturated carbocycles. The molecule has 3 N–H and O–H groups in total. The Morgan fingerprint density at radius 1 is 1.07 bits per heavy atom. The lowest BCUT2D eigenvalue weighted by Gasteiger charge is -2.42. The summed E-state index contributed by atoms with van der Waals surface area (Å²) in [6, 6.07) is 16.2. The lowest BCUT2D eigenvalue weighted by molar-refractivity contribution is -0.120. The molecule has 0 aromatic heterocycles. The molecule has 29 heavy (non-hydrogen) atoms. The van der Waals surface area contributed by atoms with E-state index in [-0.39, 0.29) is 29.9 Å². The second-order valence-corrected chi connectivity index (χ2v) is 8.51. The zero-order valence-corrected chi connectivity index (χ0v) is 17.2. The number of hydrogen-bond donors (Lipinski definition) is 2. The first-order chi connectivity index (χ1) is 13.9. The molecule has 2 aromatic rings. The third-order valence-corrected chi connectivity index (χ3v) is 6.81. The van der Waals surface area contributed by atoms with E-state index in [2.05, 4.69) is 22.3 Å². The van der Waals surface area contributed by atoms with Crippen LogP contribution in [0.15, 0.2) is 48.5 Å². The maximum Gasteiger partial charge on any atom is 0.252 e. The van der Waals surface area contributed by atoms with Crippen molar-refractivity contribution in [1.82, 2.24) is 10.2 Å². The maximum atomic E-state index is 13.4. The number of fused-ring (bicyclic) bond motifs is 2. The van der Waals surface area contributed by atoms with Gasteiger partial charge in [-0.2, -0.15) is 0 Å². The number of nitrogens with two attached hydrogens (primary N) is 1. The van der Waals surface area contributed by atoms with Crippen molar-refractivity contribution in [2.75, 3.05) is 6.54 Å². The van der Waals surface area contributed by atoms with E-state index in [4.69, 9.17) is 5.73 Å². The highest BCUT2D eigenvalue weighted by molar-refractivity contribution is 5.97. The van der Waals surface area contributed by atoms with Gasteiger partial charge in [-0.1, -0.05) is 48.5 Å². The van der Waals surface area contributed by atoms with Gasteiger partial charge in [-0.3, -0.25) is 14.5 Å². The average Bonchev–Trinajstić information content (AvgIpc) is 3.21. The van der Waals surface area contributed by atoms with Crippen LogP contribution < -0.4 is 11.1 Å². The Kier molecular flexibility index (Phi) is 5.17. The van der Waals surface area contributed by atoms with E-state index in [0.717, 1.165) is 47.9 Å². The van der Waals surface area contributed by atoms with Crippen molar-refractivity contribution in [3.63, 3.8) is 0 Å². The van der Waals surface area contributed by atoms with Crippen LogP contribution in [0, 0.1) is 13.8 Å². The van der Waals surface area contributed by atoms with Gasteiger partial charge in [-0.15, -0.1) is 0 Å². The summed E-state index contributed by atoms with van der Waals surface area (Å²) in [5.41, 5.74) is 9.06. The quantitative estimate of drug-likeness (QED) is 0.794. The summed E-state index contributed by atoms with van der Waals surface area (Å²) < 4.78 is 0. The topological polar surface area (TPSA) is 75.4 Å². The highest BCUT2D eigenvalue weighted by Crippen LogP contribution is 2.52. The first-order valence-corrected chi connectivity index (χ1v) is 10.4. The van der Waals surface area contributed by atoms with Crippen molar-refractivity contribution < 1.29 is 9.59 Å². The zero-order chi connectivity index (χ0) is 20.6. The molecular formula is C24H29N3O2. The van der Waals surface area contributed by atoms with Gasteiger partial charge in [-0.05, 0) is 56.2 Å². The number of carbonyl (C=O) groups is 2. The number of rotatable bonds is 6. The Morgan fingerprint density at radius 2 is 1.69 bits per heavy atom. The van der Waals surface area contributed by atoms with Crippen LogP contribution in [-0.4, -0.2) is 34.8 Å². The third-order valence-electron chi connectivity index (χ3n) is 6.81. The van der Waals surface area contributed by atoms with Crippen LogP contribution >= 0.6 is 0 Å². The highest BCUT2D eigenvalue weighted by atomic mass is 16.2. The number of nitrogens with one attached hydrogen (secondary N) is 1. The lowest BCUT2D eigenvalue weighted by Crippen LogP contribution is -2.54. The molecule has 2 bridgehead atoms. The summed E-state index contributed by atoms with van der Waals surface area (Å²) in [5, 5.41) is 3.36. The number of carbonyl (C=O) groups excluding carboxylic acids is 2. The highest BCUT2D eigenvalue weighted by Gasteiger charge is 2.56. The molecule has 2 aromatic carbocycles. The van der Waals surface area contributed by atoms with E-state index in [1.807, 2.05) is 50.2 Å². The minimum absolute atomic E-state index is 0.0572. The van der Waals surface area contributed by atoms with E-state index < -0.39 is 0 Å². The van der Waals surface area contributed by atoms with Crippen molar-refractivity contribution in [1.29, 1.82) is 0 Å². The standard InChI is InChI=1S/C24H29N3O2/c1-16-7-6-8-17(2)21(16)23(29)26-22(18-9-4-3-5-10-18)24-13-11-19(12-14-24)27(24)15-20(25)28/h3-10,19,22H,11-15H2,1-2H3,(H2,25,28)(H,26,29). The van der Waals surface area contributed by atoms with Gasteiger partial charge in [0.25, 0.3) is 5.91 Å². The van der Waals surface area contributed by atoms with Gasteiger partial charge in [0, 0.05) is 17.1 Å². The summed E-state index contributed by atoms with van der Waals surface area (Å²) in [6.07, 6.45) is 3.99. The summed E-state index contributed by atoms with van der Waals surface area (Å²) >= 11 is 0. The number of nitrogens with zero attached hydrogens (tertiary/aromatic N) is 1. The largest absolute Gasteiger partial charge is 0.369 e. The van der Waals surface area contributed by atoms with Crippen molar-refractivity contribution in [3.05, 3.63) is 70.8 Å². The molecule has 2 amide bonds. The van der Waals surface area contributed by atoms with Crippen LogP contribution in [0.3, 0.4) is 0 Å². The number of hydrogen-bond acceptors (Lipinski definition) is 3. The van der Waals surface area contributed by atoms with E-state index in [1.54, 1.807) is 0 Å². The van der Waals surface area contributed by atoms with Gasteiger partial charge in [0.1, 0.15) is 0 Å². The van der Waals surface area contributed by atoms with Crippen LogP contribution in [0.1, 0.15) is 58.8 Å². The van der Waals surface area contributed by atoms with Gasteiger partial charge in [0.2, 0.25) is 5.91 Å². The third kappa shape index (κ3) is 3.44.